The minimum absolute atomic E-state index is 0.169. The first-order chi connectivity index (χ1) is 55.0. The highest BCUT2D eigenvalue weighted by atomic mass is 19.1. The number of carbonyl (C=O) groups excluding carboxylic acids is 3. The summed E-state index contributed by atoms with van der Waals surface area (Å²) in [7, 11) is 6.32. The van der Waals surface area contributed by atoms with Crippen LogP contribution in [0.15, 0.2) is 208 Å². The van der Waals surface area contributed by atoms with Crippen LogP contribution >= 0.6 is 0 Å². The number of aliphatic hydroxyl groups excluding tert-OH is 2. The Bertz CT molecular complexity index is 5370. The number of alkyl halides is 1. The van der Waals surface area contributed by atoms with E-state index in [1.165, 1.54) is 34.5 Å². The number of benzene rings is 5. The van der Waals surface area contributed by atoms with Gasteiger partial charge in [0.05, 0.1) is 40.3 Å². The zero-order valence-corrected chi connectivity index (χ0v) is 62.6. The number of hydrogen-bond acceptors (Lipinski definition) is 24. The maximum absolute atomic E-state index is 15.0. The smallest absolute Gasteiger partial charge is 0.247 e. The number of aryl methyl sites for hydroxylation is 1. The Kier molecular flexibility index (Phi) is 25.1. The van der Waals surface area contributed by atoms with E-state index in [9.17, 15) is 29.0 Å². The molecule has 0 spiro atoms. The molecule has 582 valence electrons. The number of amides is 3. The van der Waals surface area contributed by atoms with Gasteiger partial charge < -0.3 is 99.4 Å². The van der Waals surface area contributed by atoms with Crippen LogP contribution in [-0.2, 0) is 34.4 Å². The van der Waals surface area contributed by atoms with Crippen LogP contribution in [0.25, 0.3) is 33.1 Å². The molecule has 3 fully saturated rings. The lowest BCUT2D eigenvalue weighted by Gasteiger charge is -2.34. The van der Waals surface area contributed by atoms with Gasteiger partial charge in [0.1, 0.15) is 54.7 Å². The molecule has 3 aliphatic heterocycles. The Morgan fingerprint density at radius 3 is 1.24 bits per heavy atom. The van der Waals surface area contributed by atoms with Crippen molar-refractivity contribution in [2.75, 3.05) is 153 Å². The van der Waals surface area contributed by atoms with Crippen LogP contribution in [0.1, 0.15) is 0 Å². The normalized spacial score (nSPS) is 13.9. The van der Waals surface area contributed by atoms with E-state index in [1.54, 1.807) is 137 Å². The minimum Gasteiger partial charge on any atom is -0.438 e. The predicted octanol–water partition coefficient (Wildman–Crippen LogP) is 11.9. The SMILES string of the molecule is C=CC(=O)Nc1cccc(Oc2nc(Nc3ccc(N4CCN(C)CC4)c(F)c3)nc3c2ccn3CO)c1.C=CC(=O)Nc1cccc(Oc2nc(Nc3ccc(N4CCN(C)CC4)cc3)nc3c2ccn3CCF)c1.C=CC(=O)Nc1cccc(Oc2nc(Nc3ccc(N4CCN(C)CC4)nc3)nc3c2ccn3CO)c1. The summed E-state index contributed by atoms with van der Waals surface area (Å²) in [4.78, 5) is 80.6. The van der Waals surface area contributed by atoms with Crippen molar-refractivity contribution in [2.45, 2.75) is 20.0 Å². The molecule has 0 radical (unpaired) electrons. The topological polar surface area (TPSA) is 316 Å². The van der Waals surface area contributed by atoms with Crippen LogP contribution < -0.4 is 60.8 Å². The number of hydrogen-bond donors (Lipinski definition) is 8. The maximum atomic E-state index is 15.0. The molecule has 30 nitrogen and oxygen atoms in total. The Morgan fingerprint density at radius 2 is 0.832 bits per heavy atom. The fraction of sp³-hybridized carbons (Fsp3) is 0.235. The summed E-state index contributed by atoms with van der Waals surface area (Å²) in [5.74, 6) is 2.62. The van der Waals surface area contributed by atoms with Crippen LogP contribution in [-0.4, -0.2) is 198 Å². The average Bonchev–Trinajstić information content (AvgIpc) is 1.68. The van der Waals surface area contributed by atoms with Crippen molar-refractivity contribution in [3.05, 3.63) is 214 Å². The molecule has 0 saturated carbocycles. The first kappa shape index (κ1) is 77.7. The van der Waals surface area contributed by atoms with Crippen LogP contribution in [0.3, 0.4) is 0 Å². The lowest BCUT2D eigenvalue weighted by Crippen LogP contribution is -2.44. The molecular weight excluding hydrogens is 1450 g/mol. The van der Waals surface area contributed by atoms with Crippen molar-refractivity contribution in [1.82, 2.24) is 63.3 Å². The Hall–Kier alpha value is -13.4. The summed E-state index contributed by atoms with van der Waals surface area (Å²) in [6.07, 6.45) is 10.5. The van der Waals surface area contributed by atoms with Gasteiger partial charge in [0.2, 0.25) is 53.2 Å². The highest BCUT2D eigenvalue weighted by Gasteiger charge is 2.23. The number of halogens is 2. The second-order valence-corrected chi connectivity index (χ2v) is 26.7. The largest absolute Gasteiger partial charge is 0.438 e. The zero-order chi connectivity index (χ0) is 78.9. The fourth-order valence-corrected chi connectivity index (χ4v) is 12.6. The summed E-state index contributed by atoms with van der Waals surface area (Å²) in [6.45, 7) is 20.7. The van der Waals surface area contributed by atoms with Gasteiger partial charge in [-0.2, -0.15) is 29.9 Å². The molecule has 8 N–H and O–H groups in total. The van der Waals surface area contributed by atoms with Crippen LogP contribution in [0.2, 0.25) is 0 Å². The molecule has 0 atom stereocenters. The molecule has 113 heavy (non-hydrogen) atoms. The molecule has 0 aliphatic carbocycles. The molecule has 10 heterocycles. The number of aromatic nitrogens is 10. The number of nitrogens with one attached hydrogen (secondary N) is 6. The molecule has 3 amide bonds. The van der Waals surface area contributed by atoms with Crippen molar-refractivity contribution in [1.29, 1.82) is 0 Å². The van der Waals surface area contributed by atoms with Crippen molar-refractivity contribution in [2.24, 2.45) is 0 Å². The number of likely N-dealkylation sites (N-methyl/N-ethyl adjacent to an activating group) is 3. The predicted molar refractivity (Wildman–Crippen MR) is 435 cm³/mol. The molecule has 5 aromatic carbocycles. The van der Waals surface area contributed by atoms with Crippen LogP contribution in [0.4, 0.5) is 77.9 Å². The van der Waals surface area contributed by atoms with Gasteiger partial charge in [-0.05, 0) is 149 Å². The van der Waals surface area contributed by atoms with E-state index in [4.69, 9.17) is 14.2 Å². The molecule has 7 aromatic heterocycles. The minimum atomic E-state index is -0.522. The number of nitrogens with zero attached hydrogens (tertiary/aromatic N) is 16. The number of rotatable bonds is 25. The van der Waals surface area contributed by atoms with E-state index in [0.29, 0.717) is 102 Å². The molecule has 3 aliphatic rings. The average molecular weight is 1530 g/mol. The number of anilines is 12. The monoisotopic (exact) mass is 1530 g/mol. The van der Waals surface area contributed by atoms with Gasteiger partial charge in [0.15, 0.2) is 11.3 Å². The molecule has 3 saturated heterocycles. The lowest BCUT2D eigenvalue weighted by atomic mass is 10.2. The number of aliphatic hydroxyl groups is 2. The van der Waals surface area contributed by atoms with Gasteiger partial charge in [-0.25, -0.2) is 13.8 Å². The van der Waals surface area contributed by atoms with Gasteiger partial charge in [-0.1, -0.05) is 37.9 Å². The molecule has 0 unspecified atom stereocenters. The quantitative estimate of drug-likeness (QED) is 0.0247. The van der Waals surface area contributed by atoms with Gasteiger partial charge >= 0.3 is 0 Å². The zero-order valence-electron chi connectivity index (χ0n) is 62.6. The van der Waals surface area contributed by atoms with E-state index in [0.717, 1.165) is 95.7 Å². The summed E-state index contributed by atoms with van der Waals surface area (Å²) >= 11 is 0. The first-order valence-corrected chi connectivity index (χ1v) is 36.5. The number of ether oxygens (including phenoxy) is 3. The van der Waals surface area contributed by atoms with E-state index in [1.807, 2.05) is 29.2 Å². The molecule has 32 heteroatoms. The molecular formula is C81H86F2N22O8. The van der Waals surface area contributed by atoms with Crippen molar-refractivity contribution >= 4 is 120 Å². The number of carbonyl (C=O) groups is 3. The molecule has 15 rings (SSSR count). The third kappa shape index (κ3) is 19.8. The highest BCUT2D eigenvalue weighted by molar-refractivity contribution is 6.00. The van der Waals surface area contributed by atoms with Crippen molar-refractivity contribution in [3.8, 4) is 34.9 Å². The Balaban J connectivity index is 0.000000148. The van der Waals surface area contributed by atoms with Crippen LogP contribution in [0.5, 0.6) is 34.9 Å². The summed E-state index contributed by atoms with van der Waals surface area (Å²) in [6, 6.07) is 43.1. The van der Waals surface area contributed by atoms with Gasteiger partial charge in [-0.3, -0.25) is 14.4 Å². The number of pyridine rings is 1. The highest BCUT2D eigenvalue weighted by Crippen LogP contribution is 2.37. The van der Waals surface area contributed by atoms with Crippen molar-refractivity contribution in [3.63, 3.8) is 0 Å². The van der Waals surface area contributed by atoms with Gasteiger partial charge in [-0.15, -0.1) is 0 Å². The van der Waals surface area contributed by atoms with E-state index in [-0.39, 0.29) is 55.4 Å². The number of fused-ring (bicyclic) bond motifs is 3. The van der Waals surface area contributed by atoms with Crippen molar-refractivity contribution < 1.29 is 47.6 Å². The summed E-state index contributed by atoms with van der Waals surface area (Å²) in [5, 5.41) is 39.0. The van der Waals surface area contributed by atoms with Gasteiger partial charge in [0, 0.05) is 149 Å². The standard InChI is InChI=1S/C28H30FN7O2.C27H28FN7O3.C26H28N8O3/c1-3-25(37)30-21-5-4-6-23(19-21)38-27-24-11-13-36(14-12-29)26(24)32-28(33-27)31-20-7-9-22(10-8-20)35-17-15-34(2)16-18-35;1-3-24(37)29-18-5-4-6-20(15-18)38-26-21-9-10-35(17-36)25(21)31-27(32-26)30-19-7-8-23(22(28)16-19)34-13-11-33(2)12-14-34;1-3-23(36)28-18-5-4-6-20(15-18)37-25-21-9-10-34(17-35)24(21)30-26(31-25)29-19-7-8-22(27-16-19)33-13-11-32(2)12-14-33/h3-11,13,19H,1,12,14-18H2,2H3,(H,30,37)(H,31,32,33);3-10,15-16,36H,1,11-14,17H2,2H3,(H,29,37)(H,30,31,32);3-10,15-16,35H,1,11-14,17H2,2H3,(H,28,36)(H,29,30,31). The number of piperazine rings is 3. The van der Waals surface area contributed by atoms with E-state index in [2.05, 4.69) is 144 Å². The third-order valence-corrected chi connectivity index (χ3v) is 18.8. The fourth-order valence-electron chi connectivity index (χ4n) is 12.6. The Labute approximate surface area is 649 Å². The van der Waals surface area contributed by atoms with E-state index < -0.39 is 6.67 Å². The first-order valence-electron chi connectivity index (χ1n) is 36.5. The third-order valence-electron chi connectivity index (χ3n) is 18.8. The van der Waals surface area contributed by atoms with E-state index >= 15 is 4.39 Å². The summed E-state index contributed by atoms with van der Waals surface area (Å²) < 4.78 is 51.4. The Morgan fingerprint density at radius 1 is 0.442 bits per heavy atom. The summed E-state index contributed by atoms with van der Waals surface area (Å²) in [5.41, 5.74) is 6.90. The molecule has 12 aromatic rings. The lowest BCUT2D eigenvalue weighted by molar-refractivity contribution is -0.112. The second-order valence-electron chi connectivity index (χ2n) is 26.7. The maximum Gasteiger partial charge on any atom is 0.247 e. The molecule has 0 bridgehead atoms. The second kappa shape index (κ2) is 36.4. The van der Waals surface area contributed by atoms with Crippen LogP contribution in [0, 0.1) is 5.82 Å². The van der Waals surface area contributed by atoms with Gasteiger partial charge in [0.25, 0.3) is 0 Å².